The molecule has 0 fully saturated rings. The molecule has 1 aromatic carbocycles. The van der Waals surface area contributed by atoms with E-state index in [1.54, 1.807) is 21.3 Å². The first-order chi connectivity index (χ1) is 12.1. The zero-order valence-corrected chi connectivity index (χ0v) is 18.8. The van der Waals surface area contributed by atoms with E-state index in [0.29, 0.717) is 29.4 Å². The summed E-state index contributed by atoms with van der Waals surface area (Å²) in [5.74, 6) is 4.15. The Morgan fingerprint density at radius 3 is 1.58 bits per heavy atom. The molecular weight excluding hydrogens is 324 g/mol. The molecule has 0 atom stereocenters. The highest BCUT2D eigenvalue weighted by Gasteiger charge is 2.43. The van der Waals surface area contributed by atoms with Crippen molar-refractivity contribution in [3.8, 4) is 17.2 Å². The van der Waals surface area contributed by atoms with Crippen LogP contribution < -0.4 is 14.2 Å². The van der Waals surface area contributed by atoms with Crippen LogP contribution >= 0.6 is 0 Å². The number of hydrogen-bond acceptors (Lipinski definition) is 3. The Bertz CT molecular complexity index is 578. The van der Waals surface area contributed by atoms with Gasteiger partial charge in [0.15, 0.2) is 11.5 Å². The van der Waals surface area contributed by atoms with E-state index in [9.17, 15) is 0 Å². The van der Waals surface area contributed by atoms with Crippen molar-refractivity contribution >= 4 is 0 Å². The molecule has 0 aliphatic carbocycles. The highest BCUT2D eigenvalue weighted by molar-refractivity contribution is 5.62. The van der Waals surface area contributed by atoms with Gasteiger partial charge in [-0.25, -0.2) is 0 Å². The van der Waals surface area contributed by atoms with Gasteiger partial charge < -0.3 is 14.2 Å². The molecule has 0 amide bonds. The lowest BCUT2D eigenvalue weighted by Gasteiger charge is -2.45. The molecule has 26 heavy (non-hydrogen) atoms. The van der Waals surface area contributed by atoms with Crippen molar-refractivity contribution in [2.24, 2.45) is 17.8 Å². The number of hydrogen-bond donors (Lipinski definition) is 0. The van der Waals surface area contributed by atoms with Crippen molar-refractivity contribution in [1.82, 2.24) is 0 Å². The van der Waals surface area contributed by atoms with Crippen LogP contribution in [0, 0.1) is 17.8 Å². The predicted molar refractivity (Wildman–Crippen MR) is 111 cm³/mol. The van der Waals surface area contributed by atoms with Crippen LogP contribution in [0.4, 0.5) is 0 Å². The van der Waals surface area contributed by atoms with Gasteiger partial charge in [0.05, 0.1) is 21.3 Å². The van der Waals surface area contributed by atoms with Crippen LogP contribution in [-0.4, -0.2) is 21.3 Å². The molecule has 1 rings (SSSR count). The molecular formula is C23H40O3. The van der Waals surface area contributed by atoms with Gasteiger partial charge in [0.25, 0.3) is 0 Å². The van der Waals surface area contributed by atoms with E-state index < -0.39 is 0 Å². The molecule has 0 aromatic heterocycles. The Morgan fingerprint density at radius 2 is 1.27 bits per heavy atom. The summed E-state index contributed by atoms with van der Waals surface area (Å²) in [6.07, 6.45) is 1.13. The lowest BCUT2D eigenvalue weighted by molar-refractivity contribution is 0.174. The van der Waals surface area contributed by atoms with Gasteiger partial charge in [-0.3, -0.25) is 0 Å². The Labute approximate surface area is 161 Å². The summed E-state index contributed by atoms with van der Waals surface area (Å²) in [6.45, 7) is 18.5. The third-order valence-corrected chi connectivity index (χ3v) is 5.75. The van der Waals surface area contributed by atoms with E-state index >= 15 is 0 Å². The van der Waals surface area contributed by atoms with Gasteiger partial charge in [0.2, 0.25) is 5.75 Å². The molecule has 0 saturated heterocycles. The normalized spacial score (nSPS) is 12.4. The molecule has 0 bridgehead atoms. The highest BCUT2D eigenvalue weighted by Crippen LogP contribution is 2.53. The second kappa shape index (κ2) is 9.01. The average molecular weight is 365 g/mol. The number of benzene rings is 1. The fourth-order valence-corrected chi connectivity index (χ4v) is 4.68. The molecule has 0 heterocycles. The zero-order chi connectivity index (χ0) is 20.2. The molecule has 0 unspecified atom stereocenters. The number of rotatable bonds is 9. The van der Waals surface area contributed by atoms with Gasteiger partial charge in [0.1, 0.15) is 0 Å². The van der Waals surface area contributed by atoms with Crippen molar-refractivity contribution in [1.29, 1.82) is 0 Å². The maximum atomic E-state index is 5.87. The van der Waals surface area contributed by atoms with Crippen LogP contribution in [0.2, 0.25) is 0 Å². The predicted octanol–water partition coefficient (Wildman–Crippen LogP) is 6.43. The van der Waals surface area contributed by atoms with E-state index in [4.69, 9.17) is 14.2 Å². The van der Waals surface area contributed by atoms with E-state index in [0.717, 1.165) is 17.9 Å². The fraction of sp³-hybridized carbons (Fsp3) is 0.739. The SMILES string of the molecule is COc1cc(C(CC(C)C)(C(C)C)C(C)C)c(C(C)C)c(OC)c1OC. The standard InChI is InChI=1S/C23H40O3/c1-14(2)13-23(16(5)6,17(7)8)18-12-19(24-9)21(25-10)22(26-11)20(18)15(3)4/h12,14-17H,13H2,1-11H3. The van der Waals surface area contributed by atoms with Crippen LogP contribution in [0.5, 0.6) is 17.2 Å². The van der Waals surface area contributed by atoms with Crippen LogP contribution in [0.15, 0.2) is 6.07 Å². The van der Waals surface area contributed by atoms with Gasteiger partial charge >= 0.3 is 0 Å². The van der Waals surface area contributed by atoms with Gasteiger partial charge in [0, 0.05) is 11.0 Å². The highest BCUT2D eigenvalue weighted by atomic mass is 16.5. The Hall–Kier alpha value is -1.38. The largest absolute Gasteiger partial charge is 0.493 e. The minimum Gasteiger partial charge on any atom is -0.493 e. The maximum absolute atomic E-state index is 5.87. The van der Waals surface area contributed by atoms with Crippen molar-refractivity contribution in [3.05, 3.63) is 17.2 Å². The summed E-state index contributed by atoms with van der Waals surface area (Å²) in [4.78, 5) is 0. The molecule has 0 N–H and O–H groups in total. The van der Waals surface area contributed by atoms with E-state index in [1.807, 2.05) is 0 Å². The fourth-order valence-electron chi connectivity index (χ4n) is 4.68. The first kappa shape index (κ1) is 22.7. The summed E-state index contributed by atoms with van der Waals surface area (Å²) in [6, 6.07) is 2.21. The van der Waals surface area contributed by atoms with Crippen molar-refractivity contribution in [3.63, 3.8) is 0 Å². The molecule has 0 aliphatic rings. The van der Waals surface area contributed by atoms with Gasteiger partial charge in [-0.2, -0.15) is 0 Å². The van der Waals surface area contributed by atoms with Crippen molar-refractivity contribution < 1.29 is 14.2 Å². The molecule has 3 nitrogen and oxygen atoms in total. The number of methoxy groups -OCH3 is 3. The van der Waals surface area contributed by atoms with Gasteiger partial charge in [-0.1, -0.05) is 55.4 Å². The summed E-state index contributed by atoms with van der Waals surface area (Å²) < 4.78 is 17.2. The van der Waals surface area contributed by atoms with Gasteiger partial charge in [-0.05, 0) is 41.7 Å². The Morgan fingerprint density at radius 1 is 0.769 bits per heavy atom. The lowest BCUT2D eigenvalue weighted by atomic mass is 9.59. The van der Waals surface area contributed by atoms with E-state index in [1.165, 1.54) is 11.1 Å². The van der Waals surface area contributed by atoms with Gasteiger partial charge in [-0.15, -0.1) is 0 Å². The third kappa shape index (κ3) is 3.97. The van der Waals surface area contributed by atoms with Crippen LogP contribution in [0.3, 0.4) is 0 Å². The topological polar surface area (TPSA) is 27.7 Å². The first-order valence-electron chi connectivity index (χ1n) is 9.91. The molecule has 150 valence electrons. The maximum Gasteiger partial charge on any atom is 0.203 e. The lowest BCUT2D eigenvalue weighted by Crippen LogP contribution is -2.40. The molecule has 0 spiro atoms. The second-order valence-corrected chi connectivity index (χ2v) is 8.71. The second-order valence-electron chi connectivity index (χ2n) is 8.71. The number of ether oxygens (including phenoxy) is 3. The molecule has 3 heteroatoms. The average Bonchev–Trinajstić information content (AvgIpc) is 2.56. The first-order valence-corrected chi connectivity index (χ1v) is 9.91. The van der Waals surface area contributed by atoms with Crippen molar-refractivity contribution in [2.75, 3.05) is 21.3 Å². The Kier molecular flexibility index (Phi) is 7.85. The van der Waals surface area contributed by atoms with Crippen molar-refractivity contribution in [2.45, 2.75) is 73.1 Å². The third-order valence-electron chi connectivity index (χ3n) is 5.75. The molecule has 1 aromatic rings. The monoisotopic (exact) mass is 364 g/mol. The minimum absolute atomic E-state index is 0.0423. The van der Waals surface area contributed by atoms with E-state index in [-0.39, 0.29) is 5.41 Å². The molecule has 0 radical (unpaired) electrons. The molecule has 0 aliphatic heterocycles. The quantitative estimate of drug-likeness (QED) is 0.505. The summed E-state index contributed by atoms with van der Waals surface area (Å²) in [7, 11) is 5.10. The zero-order valence-electron chi connectivity index (χ0n) is 18.8. The minimum atomic E-state index is 0.0423. The molecule has 0 saturated carbocycles. The summed E-state index contributed by atoms with van der Waals surface area (Å²) in [5, 5.41) is 0. The van der Waals surface area contributed by atoms with E-state index in [2.05, 4.69) is 61.5 Å². The Balaban J connectivity index is 4.02. The summed E-state index contributed by atoms with van der Waals surface area (Å²) >= 11 is 0. The smallest absolute Gasteiger partial charge is 0.203 e. The van der Waals surface area contributed by atoms with Crippen LogP contribution in [-0.2, 0) is 5.41 Å². The summed E-state index contributed by atoms with van der Waals surface area (Å²) in [5.41, 5.74) is 2.63. The van der Waals surface area contributed by atoms with Crippen LogP contribution in [0.25, 0.3) is 0 Å². The van der Waals surface area contributed by atoms with Crippen LogP contribution in [0.1, 0.15) is 78.9 Å².